The summed E-state index contributed by atoms with van der Waals surface area (Å²) in [6, 6.07) is 15.4. The second-order valence-corrected chi connectivity index (χ2v) is 6.05. The van der Waals surface area contributed by atoms with Gasteiger partial charge in [0.25, 0.3) is 0 Å². The molecule has 26 heavy (non-hydrogen) atoms. The first-order chi connectivity index (χ1) is 12.7. The van der Waals surface area contributed by atoms with Gasteiger partial charge in [-0.05, 0) is 42.0 Å². The fraction of sp³-hybridized carbons (Fsp3) is 0.200. The van der Waals surface area contributed by atoms with E-state index in [1.165, 1.54) is 0 Å². The summed E-state index contributed by atoms with van der Waals surface area (Å²) in [6.07, 6.45) is 0.253. The largest absolute Gasteiger partial charge is 0.497 e. The summed E-state index contributed by atoms with van der Waals surface area (Å²) in [4.78, 5) is 12.1. The number of esters is 1. The molecule has 2 aromatic carbocycles. The van der Waals surface area contributed by atoms with Crippen LogP contribution in [0.3, 0.4) is 0 Å². The van der Waals surface area contributed by atoms with Crippen molar-refractivity contribution in [2.24, 2.45) is 0 Å². The van der Waals surface area contributed by atoms with Gasteiger partial charge in [-0.15, -0.1) is 5.10 Å². The van der Waals surface area contributed by atoms with Gasteiger partial charge in [0.05, 0.1) is 31.9 Å². The average molecular weight is 350 g/mol. The van der Waals surface area contributed by atoms with Crippen molar-refractivity contribution in [3.8, 4) is 28.6 Å². The lowest BCUT2D eigenvalue weighted by Gasteiger charge is -2.22. The van der Waals surface area contributed by atoms with Crippen LogP contribution < -0.4 is 14.2 Å². The summed E-state index contributed by atoms with van der Waals surface area (Å²) < 4.78 is 15.9. The van der Waals surface area contributed by atoms with Crippen LogP contribution in [-0.4, -0.2) is 30.4 Å². The summed E-state index contributed by atoms with van der Waals surface area (Å²) in [5, 5.41) is 7.23. The van der Waals surface area contributed by atoms with E-state index in [2.05, 4.69) is 10.2 Å². The summed E-state index contributed by atoms with van der Waals surface area (Å²) in [5.41, 5.74) is 3.65. The van der Waals surface area contributed by atoms with Crippen molar-refractivity contribution in [3.63, 3.8) is 0 Å². The fourth-order valence-corrected chi connectivity index (χ4v) is 3.27. The number of ether oxygens (including phenoxy) is 3. The molecule has 6 heteroatoms. The molecule has 0 fully saturated rings. The highest BCUT2D eigenvalue weighted by molar-refractivity contribution is 5.80. The molecule has 132 valence electrons. The molecule has 0 saturated carbocycles. The molecule has 2 heterocycles. The van der Waals surface area contributed by atoms with Gasteiger partial charge in [0.2, 0.25) is 5.88 Å². The maximum absolute atomic E-state index is 12.1. The van der Waals surface area contributed by atoms with Crippen molar-refractivity contribution in [3.05, 3.63) is 59.7 Å². The number of aromatic amines is 1. The van der Waals surface area contributed by atoms with Gasteiger partial charge in [0.15, 0.2) is 0 Å². The summed E-state index contributed by atoms with van der Waals surface area (Å²) in [5.74, 6) is 1.41. The van der Waals surface area contributed by atoms with Crippen LogP contribution in [0.1, 0.15) is 23.5 Å². The van der Waals surface area contributed by atoms with Crippen LogP contribution in [0.5, 0.6) is 17.4 Å². The van der Waals surface area contributed by atoms with Gasteiger partial charge in [-0.1, -0.05) is 12.1 Å². The van der Waals surface area contributed by atoms with E-state index in [-0.39, 0.29) is 18.3 Å². The van der Waals surface area contributed by atoms with E-state index in [1.54, 1.807) is 14.2 Å². The number of hydrogen-bond acceptors (Lipinski definition) is 5. The predicted molar refractivity (Wildman–Crippen MR) is 95.7 cm³/mol. The summed E-state index contributed by atoms with van der Waals surface area (Å²) in [7, 11) is 3.26. The molecule has 6 nitrogen and oxygen atoms in total. The number of rotatable bonds is 4. The average Bonchev–Trinajstić information content (AvgIpc) is 3.11. The quantitative estimate of drug-likeness (QED) is 0.729. The molecule has 1 aliphatic rings. The third kappa shape index (κ3) is 2.79. The highest BCUT2D eigenvalue weighted by atomic mass is 16.5. The predicted octanol–water partition coefficient (Wildman–Crippen LogP) is 3.53. The Balaban J connectivity index is 1.82. The Morgan fingerprint density at radius 2 is 1.85 bits per heavy atom. The van der Waals surface area contributed by atoms with E-state index in [0.717, 1.165) is 33.9 Å². The Hall–Kier alpha value is -3.28. The number of methoxy groups -OCH3 is 2. The van der Waals surface area contributed by atoms with E-state index in [0.29, 0.717) is 5.88 Å². The molecule has 0 bridgehead atoms. The van der Waals surface area contributed by atoms with E-state index in [1.807, 2.05) is 48.5 Å². The van der Waals surface area contributed by atoms with Crippen LogP contribution in [0.4, 0.5) is 0 Å². The SMILES string of the molecule is COc1ccc(-c2[nH]nc3c2[C@H](c2cccc(OC)c2)CC(=O)O3)cc1. The van der Waals surface area contributed by atoms with E-state index in [9.17, 15) is 4.79 Å². The molecule has 0 aliphatic carbocycles. The van der Waals surface area contributed by atoms with Crippen LogP contribution in [0.25, 0.3) is 11.3 Å². The zero-order valence-electron chi connectivity index (χ0n) is 14.5. The van der Waals surface area contributed by atoms with Crippen LogP contribution in [-0.2, 0) is 4.79 Å². The highest BCUT2D eigenvalue weighted by Crippen LogP contribution is 2.43. The lowest BCUT2D eigenvalue weighted by molar-refractivity contribution is -0.135. The maximum atomic E-state index is 12.1. The Labute approximate surface area is 150 Å². The molecule has 0 saturated heterocycles. The Morgan fingerprint density at radius 1 is 1.08 bits per heavy atom. The number of benzene rings is 2. The van der Waals surface area contributed by atoms with Crippen LogP contribution in [0.15, 0.2) is 48.5 Å². The molecular weight excluding hydrogens is 332 g/mol. The number of hydrogen-bond donors (Lipinski definition) is 1. The first-order valence-corrected chi connectivity index (χ1v) is 8.27. The molecule has 0 radical (unpaired) electrons. The molecule has 0 amide bonds. The van der Waals surface area contributed by atoms with Crippen LogP contribution >= 0.6 is 0 Å². The van der Waals surface area contributed by atoms with E-state index in [4.69, 9.17) is 14.2 Å². The molecule has 1 aliphatic heterocycles. The topological polar surface area (TPSA) is 73.4 Å². The van der Waals surface area contributed by atoms with E-state index < -0.39 is 0 Å². The molecule has 0 spiro atoms. The first kappa shape index (κ1) is 16.2. The van der Waals surface area contributed by atoms with Crippen molar-refractivity contribution in [1.82, 2.24) is 10.2 Å². The second-order valence-electron chi connectivity index (χ2n) is 6.05. The smallest absolute Gasteiger partial charge is 0.313 e. The Morgan fingerprint density at radius 3 is 2.58 bits per heavy atom. The Bertz CT molecular complexity index is 947. The molecule has 1 N–H and O–H groups in total. The van der Waals surface area contributed by atoms with Crippen molar-refractivity contribution in [2.45, 2.75) is 12.3 Å². The molecule has 3 aromatic rings. The number of fused-ring (bicyclic) bond motifs is 1. The van der Waals surface area contributed by atoms with E-state index >= 15 is 0 Å². The normalized spacial score (nSPS) is 15.9. The third-order valence-corrected chi connectivity index (χ3v) is 4.57. The molecule has 1 atom stereocenters. The zero-order chi connectivity index (χ0) is 18.1. The molecule has 0 unspecified atom stereocenters. The fourth-order valence-electron chi connectivity index (χ4n) is 3.27. The lowest BCUT2D eigenvalue weighted by atomic mass is 9.85. The number of carbonyl (C=O) groups is 1. The van der Waals surface area contributed by atoms with Crippen molar-refractivity contribution < 1.29 is 19.0 Å². The van der Waals surface area contributed by atoms with Gasteiger partial charge in [0, 0.05) is 11.5 Å². The number of H-pyrrole nitrogens is 1. The van der Waals surface area contributed by atoms with Crippen LogP contribution in [0, 0.1) is 0 Å². The van der Waals surface area contributed by atoms with Gasteiger partial charge in [0.1, 0.15) is 11.5 Å². The minimum Gasteiger partial charge on any atom is -0.497 e. The summed E-state index contributed by atoms with van der Waals surface area (Å²) in [6.45, 7) is 0. The zero-order valence-corrected chi connectivity index (χ0v) is 14.5. The van der Waals surface area contributed by atoms with Gasteiger partial charge >= 0.3 is 5.97 Å². The van der Waals surface area contributed by atoms with Gasteiger partial charge in [-0.3, -0.25) is 9.89 Å². The standard InChI is InChI=1S/C20H18N2O4/c1-24-14-8-6-12(7-9-14)19-18-16(11-17(23)26-20(18)22-21-19)13-4-3-5-15(10-13)25-2/h3-10,16H,11H2,1-2H3,(H,21,22)/t16-/m0/s1. The van der Waals surface area contributed by atoms with Gasteiger partial charge in [-0.25, -0.2) is 0 Å². The van der Waals surface area contributed by atoms with Crippen molar-refractivity contribution in [1.29, 1.82) is 0 Å². The molecular formula is C20H18N2O4. The minimum absolute atomic E-state index is 0.155. The van der Waals surface area contributed by atoms with Gasteiger partial charge < -0.3 is 14.2 Å². The maximum Gasteiger partial charge on any atom is 0.313 e. The molecule has 1 aromatic heterocycles. The highest BCUT2D eigenvalue weighted by Gasteiger charge is 2.34. The third-order valence-electron chi connectivity index (χ3n) is 4.57. The first-order valence-electron chi connectivity index (χ1n) is 8.27. The monoisotopic (exact) mass is 350 g/mol. The summed E-state index contributed by atoms with van der Waals surface area (Å²) >= 11 is 0. The lowest BCUT2D eigenvalue weighted by Crippen LogP contribution is -2.20. The van der Waals surface area contributed by atoms with Gasteiger partial charge in [-0.2, -0.15) is 0 Å². The van der Waals surface area contributed by atoms with Crippen LogP contribution in [0.2, 0.25) is 0 Å². The number of nitrogens with zero attached hydrogens (tertiary/aromatic N) is 1. The Kier molecular flexibility index (Phi) is 4.08. The van der Waals surface area contributed by atoms with Crippen molar-refractivity contribution >= 4 is 5.97 Å². The number of carbonyl (C=O) groups excluding carboxylic acids is 1. The number of nitrogens with one attached hydrogen (secondary N) is 1. The van der Waals surface area contributed by atoms with Crippen molar-refractivity contribution in [2.75, 3.05) is 14.2 Å². The minimum atomic E-state index is -0.293. The number of aromatic nitrogens is 2. The molecule has 4 rings (SSSR count). The second kappa shape index (κ2) is 6.55.